The number of hydrogen-bond donors (Lipinski definition) is 2. The van der Waals surface area contributed by atoms with Gasteiger partial charge in [-0.1, -0.05) is 0 Å². The van der Waals surface area contributed by atoms with E-state index < -0.39 is 0 Å². The summed E-state index contributed by atoms with van der Waals surface area (Å²) in [6, 6.07) is 5.88. The first-order valence-corrected chi connectivity index (χ1v) is 6.77. The Hall–Kier alpha value is -2.21. The number of amides is 1. The number of rotatable bonds is 6. The van der Waals surface area contributed by atoms with Crippen molar-refractivity contribution in [3.63, 3.8) is 0 Å². The van der Waals surface area contributed by atoms with Gasteiger partial charge in [-0.3, -0.25) is 4.79 Å². The quantitative estimate of drug-likeness (QED) is 0.851. The van der Waals surface area contributed by atoms with Crippen LogP contribution >= 0.6 is 0 Å². The molecular formula is C15H18FN3O2. The lowest BCUT2D eigenvalue weighted by Gasteiger charge is -2.05. The molecule has 5 nitrogen and oxygen atoms in total. The van der Waals surface area contributed by atoms with Crippen LogP contribution in [0.2, 0.25) is 0 Å². The Morgan fingerprint density at radius 2 is 2.14 bits per heavy atom. The second-order valence-electron chi connectivity index (χ2n) is 4.94. The minimum Gasteiger partial charge on any atom is -0.444 e. The first-order valence-electron chi connectivity index (χ1n) is 6.77. The van der Waals surface area contributed by atoms with Gasteiger partial charge in [0.05, 0.1) is 12.1 Å². The first-order chi connectivity index (χ1) is 10.0. The zero-order chi connectivity index (χ0) is 15.2. The summed E-state index contributed by atoms with van der Waals surface area (Å²) >= 11 is 0. The fourth-order valence-electron chi connectivity index (χ4n) is 1.78. The fourth-order valence-corrected chi connectivity index (χ4v) is 1.78. The monoisotopic (exact) mass is 291 g/mol. The van der Waals surface area contributed by atoms with Crippen molar-refractivity contribution in [3.8, 4) is 11.5 Å². The number of nitrogens with one attached hydrogen (secondary N) is 1. The molecule has 0 bridgehead atoms. The topological polar surface area (TPSA) is 81.1 Å². The number of oxazole rings is 1. The summed E-state index contributed by atoms with van der Waals surface area (Å²) in [6.45, 7) is 2.43. The molecule has 0 aliphatic carbocycles. The molecule has 0 aliphatic rings. The molecule has 1 atom stereocenters. The van der Waals surface area contributed by atoms with Gasteiger partial charge in [-0.25, -0.2) is 9.37 Å². The Balaban J connectivity index is 1.91. The molecule has 2 rings (SSSR count). The zero-order valence-corrected chi connectivity index (χ0v) is 11.8. The SMILES string of the molecule is CC(N)CCNC(=O)Cc1coc(-c2ccc(F)cc2)n1. The predicted octanol–water partition coefficient (Wildman–Crippen LogP) is 1.88. The molecule has 1 aromatic heterocycles. The number of carbonyl (C=O) groups excluding carboxylic acids is 1. The maximum atomic E-state index is 12.8. The molecule has 0 spiro atoms. The van der Waals surface area contributed by atoms with Crippen LogP contribution in [0.1, 0.15) is 19.0 Å². The van der Waals surface area contributed by atoms with E-state index in [4.69, 9.17) is 10.2 Å². The number of aromatic nitrogens is 1. The average molecular weight is 291 g/mol. The number of hydrogen-bond acceptors (Lipinski definition) is 4. The first kappa shape index (κ1) is 15.2. The van der Waals surface area contributed by atoms with Crippen LogP contribution in [0.4, 0.5) is 4.39 Å². The lowest BCUT2D eigenvalue weighted by molar-refractivity contribution is -0.120. The van der Waals surface area contributed by atoms with Crippen molar-refractivity contribution >= 4 is 5.91 Å². The summed E-state index contributed by atoms with van der Waals surface area (Å²) in [7, 11) is 0. The largest absolute Gasteiger partial charge is 0.444 e. The molecule has 0 aliphatic heterocycles. The maximum absolute atomic E-state index is 12.8. The minimum absolute atomic E-state index is 0.0578. The molecule has 1 heterocycles. The van der Waals surface area contributed by atoms with Crippen LogP contribution in [0, 0.1) is 5.82 Å². The van der Waals surface area contributed by atoms with Gasteiger partial charge >= 0.3 is 0 Å². The molecule has 1 unspecified atom stereocenters. The Bertz CT molecular complexity index is 593. The van der Waals surface area contributed by atoms with Gasteiger partial charge < -0.3 is 15.5 Å². The third-order valence-electron chi connectivity index (χ3n) is 2.91. The molecule has 1 aromatic carbocycles. The second-order valence-corrected chi connectivity index (χ2v) is 4.94. The van der Waals surface area contributed by atoms with Gasteiger partial charge in [-0.15, -0.1) is 0 Å². The Morgan fingerprint density at radius 3 is 2.81 bits per heavy atom. The zero-order valence-electron chi connectivity index (χ0n) is 11.8. The van der Waals surface area contributed by atoms with Crippen molar-refractivity contribution in [1.29, 1.82) is 0 Å². The molecule has 6 heteroatoms. The molecule has 21 heavy (non-hydrogen) atoms. The highest BCUT2D eigenvalue weighted by Gasteiger charge is 2.10. The molecule has 0 saturated heterocycles. The van der Waals surface area contributed by atoms with Crippen molar-refractivity contribution in [2.24, 2.45) is 5.73 Å². The standard InChI is InChI=1S/C15H18FN3O2/c1-10(17)6-7-18-14(20)8-13-9-21-15(19-13)11-2-4-12(16)5-3-11/h2-5,9-10H,6-8,17H2,1H3,(H,18,20). The Kier molecular flexibility index (Phi) is 5.05. The summed E-state index contributed by atoms with van der Waals surface area (Å²) in [4.78, 5) is 15.9. The van der Waals surface area contributed by atoms with E-state index in [1.54, 1.807) is 12.1 Å². The number of nitrogens with zero attached hydrogens (tertiary/aromatic N) is 1. The summed E-state index contributed by atoms with van der Waals surface area (Å²) in [6.07, 6.45) is 2.30. The van der Waals surface area contributed by atoms with Crippen LogP contribution in [0.15, 0.2) is 34.9 Å². The van der Waals surface area contributed by atoms with Crippen LogP contribution in [-0.2, 0) is 11.2 Å². The van der Waals surface area contributed by atoms with Crippen LogP contribution in [-0.4, -0.2) is 23.5 Å². The average Bonchev–Trinajstić information content (AvgIpc) is 2.87. The lowest BCUT2D eigenvalue weighted by atomic mass is 10.2. The number of carbonyl (C=O) groups is 1. The van der Waals surface area contributed by atoms with E-state index in [1.165, 1.54) is 18.4 Å². The van der Waals surface area contributed by atoms with Crippen LogP contribution in [0.25, 0.3) is 11.5 Å². The van der Waals surface area contributed by atoms with Crippen molar-refractivity contribution in [2.45, 2.75) is 25.8 Å². The van der Waals surface area contributed by atoms with Crippen molar-refractivity contribution in [1.82, 2.24) is 10.3 Å². The number of benzene rings is 1. The fraction of sp³-hybridized carbons (Fsp3) is 0.333. The molecular weight excluding hydrogens is 273 g/mol. The van der Waals surface area contributed by atoms with Crippen molar-refractivity contribution < 1.29 is 13.6 Å². The minimum atomic E-state index is -0.320. The van der Waals surface area contributed by atoms with E-state index in [0.717, 1.165) is 6.42 Å². The maximum Gasteiger partial charge on any atom is 0.226 e. The highest BCUT2D eigenvalue weighted by molar-refractivity contribution is 5.78. The van der Waals surface area contributed by atoms with E-state index in [0.29, 0.717) is 23.7 Å². The van der Waals surface area contributed by atoms with E-state index in [9.17, 15) is 9.18 Å². The van der Waals surface area contributed by atoms with Gasteiger partial charge in [-0.05, 0) is 37.6 Å². The molecule has 0 saturated carbocycles. The van der Waals surface area contributed by atoms with E-state index in [2.05, 4.69) is 10.3 Å². The summed E-state index contributed by atoms with van der Waals surface area (Å²) in [5, 5.41) is 2.77. The predicted molar refractivity (Wildman–Crippen MR) is 76.9 cm³/mol. The second kappa shape index (κ2) is 6.99. The molecule has 2 aromatic rings. The number of nitrogens with two attached hydrogens (primary N) is 1. The highest BCUT2D eigenvalue weighted by atomic mass is 19.1. The van der Waals surface area contributed by atoms with Gasteiger partial charge in [0.1, 0.15) is 12.1 Å². The number of halogens is 1. The van der Waals surface area contributed by atoms with Crippen LogP contribution in [0.3, 0.4) is 0 Å². The van der Waals surface area contributed by atoms with Gasteiger partial charge in [0.2, 0.25) is 11.8 Å². The third-order valence-corrected chi connectivity index (χ3v) is 2.91. The third kappa shape index (κ3) is 4.68. The van der Waals surface area contributed by atoms with Crippen LogP contribution < -0.4 is 11.1 Å². The molecule has 0 radical (unpaired) electrons. The van der Waals surface area contributed by atoms with Gasteiger partial charge in [-0.2, -0.15) is 0 Å². The molecule has 112 valence electrons. The highest BCUT2D eigenvalue weighted by Crippen LogP contribution is 2.19. The van der Waals surface area contributed by atoms with E-state index in [1.807, 2.05) is 6.92 Å². The lowest BCUT2D eigenvalue weighted by Crippen LogP contribution is -2.30. The Labute approximate surface area is 122 Å². The normalized spacial score (nSPS) is 12.1. The molecule has 1 amide bonds. The van der Waals surface area contributed by atoms with E-state index in [-0.39, 0.29) is 24.2 Å². The van der Waals surface area contributed by atoms with Crippen molar-refractivity contribution in [3.05, 3.63) is 42.0 Å². The summed E-state index contributed by atoms with van der Waals surface area (Å²) in [5.74, 6) is -0.0815. The van der Waals surface area contributed by atoms with Crippen LogP contribution in [0.5, 0.6) is 0 Å². The smallest absolute Gasteiger partial charge is 0.226 e. The summed E-state index contributed by atoms with van der Waals surface area (Å²) in [5.41, 5.74) is 6.81. The van der Waals surface area contributed by atoms with E-state index >= 15 is 0 Å². The van der Waals surface area contributed by atoms with Gasteiger partial charge in [0.25, 0.3) is 0 Å². The Morgan fingerprint density at radius 1 is 1.43 bits per heavy atom. The van der Waals surface area contributed by atoms with Gasteiger partial charge in [0.15, 0.2) is 0 Å². The van der Waals surface area contributed by atoms with Gasteiger partial charge in [0, 0.05) is 18.2 Å². The summed E-state index contributed by atoms with van der Waals surface area (Å²) < 4.78 is 18.1. The molecule has 3 N–H and O–H groups in total. The molecule has 0 fully saturated rings. The van der Waals surface area contributed by atoms with Crippen molar-refractivity contribution in [2.75, 3.05) is 6.54 Å².